The van der Waals surface area contributed by atoms with E-state index in [0.717, 1.165) is 23.3 Å². The molecule has 1 aromatic heterocycles. The minimum atomic E-state index is -0.865. The number of imidazole rings is 1. The van der Waals surface area contributed by atoms with Crippen LogP contribution in [0.2, 0.25) is 0 Å². The van der Waals surface area contributed by atoms with E-state index in [-0.39, 0.29) is 6.42 Å². The third-order valence-corrected chi connectivity index (χ3v) is 2.97. The first-order valence-corrected chi connectivity index (χ1v) is 6.85. The Labute approximate surface area is 118 Å². The number of benzene rings is 1. The summed E-state index contributed by atoms with van der Waals surface area (Å²) in [6.07, 6.45) is -0.0641. The van der Waals surface area contributed by atoms with E-state index in [2.05, 4.69) is 18.8 Å². The van der Waals surface area contributed by atoms with E-state index in [1.807, 2.05) is 29.7 Å². The van der Waals surface area contributed by atoms with Crippen LogP contribution in [0.15, 0.2) is 18.2 Å². The monoisotopic (exact) mass is 276 g/mol. The molecule has 5 nitrogen and oxygen atoms in total. The van der Waals surface area contributed by atoms with E-state index in [4.69, 9.17) is 9.84 Å². The normalized spacial score (nSPS) is 11.2. The molecule has 0 amide bonds. The Morgan fingerprint density at radius 3 is 2.80 bits per heavy atom. The molecule has 2 aromatic rings. The van der Waals surface area contributed by atoms with Crippen molar-refractivity contribution in [1.82, 2.24) is 9.55 Å². The number of fused-ring (bicyclic) bond motifs is 1. The van der Waals surface area contributed by atoms with Crippen LogP contribution >= 0.6 is 0 Å². The van der Waals surface area contributed by atoms with Crippen molar-refractivity contribution < 1.29 is 14.6 Å². The Balaban J connectivity index is 2.49. The van der Waals surface area contributed by atoms with Gasteiger partial charge in [-0.05, 0) is 25.0 Å². The number of carbonyl (C=O) groups is 1. The van der Waals surface area contributed by atoms with Crippen molar-refractivity contribution >= 4 is 17.0 Å². The number of nitrogens with zero attached hydrogens (tertiary/aromatic N) is 2. The first kappa shape index (κ1) is 14.4. The molecule has 1 heterocycles. The second kappa shape index (κ2) is 5.94. The fourth-order valence-corrected chi connectivity index (χ4v) is 2.26. The van der Waals surface area contributed by atoms with E-state index in [0.29, 0.717) is 18.3 Å². The number of hydrogen-bond acceptors (Lipinski definition) is 3. The zero-order chi connectivity index (χ0) is 14.7. The average Bonchev–Trinajstić information content (AvgIpc) is 2.66. The van der Waals surface area contributed by atoms with E-state index in [1.165, 1.54) is 0 Å². The molecule has 108 valence electrons. The molecule has 0 atom stereocenters. The Morgan fingerprint density at radius 1 is 1.45 bits per heavy atom. The maximum atomic E-state index is 11.0. The molecule has 0 aliphatic rings. The molecule has 0 saturated heterocycles. The highest BCUT2D eigenvalue weighted by molar-refractivity contribution is 5.79. The van der Waals surface area contributed by atoms with Gasteiger partial charge >= 0.3 is 5.97 Å². The zero-order valence-corrected chi connectivity index (χ0v) is 12.1. The molecule has 5 heteroatoms. The zero-order valence-electron chi connectivity index (χ0n) is 12.1. The summed E-state index contributed by atoms with van der Waals surface area (Å²) >= 11 is 0. The number of ether oxygens (including phenoxy) is 1. The molecule has 1 N–H and O–H groups in total. The van der Waals surface area contributed by atoms with Crippen LogP contribution in [0.1, 0.15) is 26.6 Å². The lowest BCUT2D eigenvalue weighted by atomic mass is 10.2. The molecule has 0 fully saturated rings. The predicted octanol–water partition coefficient (Wildman–Crippen LogP) is 2.72. The summed E-state index contributed by atoms with van der Waals surface area (Å²) in [4.78, 5) is 15.4. The average molecular weight is 276 g/mol. The summed E-state index contributed by atoms with van der Waals surface area (Å²) in [5, 5.41) is 9.01. The molecule has 20 heavy (non-hydrogen) atoms. The summed E-state index contributed by atoms with van der Waals surface area (Å²) in [7, 11) is 0. The minimum Gasteiger partial charge on any atom is -0.494 e. The molecule has 0 saturated carbocycles. The number of aliphatic carboxylic acids is 1. The summed E-state index contributed by atoms with van der Waals surface area (Å²) in [5.41, 5.74) is 1.74. The van der Waals surface area contributed by atoms with Gasteiger partial charge in [-0.15, -0.1) is 0 Å². The number of rotatable bonds is 6. The summed E-state index contributed by atoms with van der Waals surface area (Å²) in [5.74, 6) is 0.910. The van der Waals surface area contributed by atoms with Gasteiger partial charge in [0.25, 0.3) is 0 Å². The number of aromatic nitrogens is 2. The van der Waals surface area contributed by atoms with Crippen LogP contribution in [0, 0.1) is 5.92 Å². The van der Waals surface area contributed by atoms with Crippen molar-refractivity contribution in [2.24, 2.45) is 5.92 Å². The van der Waals surface area contributed by atoms with Gasteiger partial charge in [0.05, 0.1) is 17.6 Å². The van der Waals surface area contributed by atoms with Crippen LogP contribution in [-0.2, 0) is 17.8 Å². The molecule has 0 bridgehead atoms. The van der Waals surface area contributed by atoms with E-state index >= 15 is 0 Å². The van der Waals surface area contributed by atoms with Crippen LogP contribution in [0.4, 0.5) is 0 Å². The Hall–Kier alpha value is -2.04. The van der Waals surface area contributed by atoms with Gasteiger partial charge in [0.1, 0.15) is 18.0 Å². The van der Waals surface area contributed by atoms with E-state index < -0.39 is 5.97 Å². The van der Waals surface area contributed by atoms with E-state index in [9.17, 15) is 4.79 Å². The van der Waals surface area contributed by atoms with Gasteiger partial charge in [-0.25, -0.2) is 4.98 Å². The van der Waals surface area contributed by atoms with Crippen LogP contribution in [0.3, 0.4) is 0 Å². The Kier molecular flexibility index (Phi) is 4.27. The lowest BCUT2D eigenvalue weighted by Gasteiger charge is -2.11. The molecule has 0 unspecified atom stereocenters. The van der Waals surface area contributed by atoms with E-state index in [1.54, 1.807) is 0 Å². The standard InChI is InChI=1S/C15H20N2O3/c1-4-20-11-5-6-13-12(7-11)16-14(8-15(18)19)17(13)9-10(2)3/h5-7,10H,4,8-9H2,1-3H3,(H,18,19). The van der Waals surface area contributed by atoms with Crippen LogP contribution in [-0.4, -0.2) is 27.2 Å². The van der Waals surface area contributed by atoms with Gasteiger partial charge in [0, 0.05) is 12.6 Å². The quantitative estimate of drug-likeness (QED) is 0.881. The van der Waals surface area contributed by atoms with Gasteiger partial charge in [0.2, 0.25) is 0 Å². The van der Waals surface area contributed by atoms with Gasteiger partial charge < -0.3 is 14.4 Å². The van der Waals surface area contributed by atoms with Gasteiger partial charge in [-0.2, -0.15) is 0 Å². The third kappa shape index (κ3) is 3.10. The second-order valence-electron chi connectivity index (χ2n) is 5.19. The first-order chi connectivity index (χ1) is 9.51. The number of carboxylic acids is 1. The Morgan fingerprint density at radius 2 is 2.20 bits per heavy atom. The highest BCUT2D eigenvalue weighted by atomic mass is 16.5. The maximum absolute atomic E-state index is 11.0. The van der Waals surface area contributed by atoms with Crippen molar-refractivity contribution in [3.8, 4) is 5.75 Å². The SMILES string of the molecule is CCOc1ccc2c(c1)nc(CC(=O)O)n2CC(C)C. The smallest absolute Gasteiger partial charge is 0.311 e. The lowest BCUT2D eigenvalue weighted by molar-refractivity contribution is -0.136. The van der Waals surface area contributed by atoms with Crippen LogP contribution in [0.5, 0.6) is 5.75 Å². The van der Waals surface area contributed by atoms with Crippen molar-refractivity contribution in [2.45, 2.75) is 33.7 Å². The highest BCUT2D eigenvalue weighted by Crippen LogP contribution is 2.23. The van der Waals surface area contributed by atoms with Gasteiger partial charge in [0.15, 0.2) is 0 Å². The first-order valence-electron chi connectivity index (χ1n) is 6.85. The van der Waals surface area contributed by atoms with Crippen molar-refractivity contribution in [1.29, 1.82) is 0 Å². The summed E-state index contributed by atoms with van der Waals surface area (Å²) in [6.45, 7) is 7.49. The number of hydrogen-bond donors (Lipinski definition) is 1. The minimum absolute atomic E-state index is 0.0641. The maximum Gasteiger partial charge on any atom is 0.311 e. The summed E-state index contributed by atoms with van der Waals surface area (Å²) in [6, 6.07) is 5.71. The number of carboxylic acid groups (broad SMARTS) is 1. The van der Waals surface area contributed by atoms with Gasteiger partial charge in [-0.3, -0.25) is 4.79 Å². The lowest BCUT2D eigenvalue weighted by Crippen LogP contribution is -2.12. The molecular weight excluding hydrogens is 256 g/mol. The Bertz CT molecular complexity index is 617. The summed E-state index contributed by atoms with van der Waals surface area (Å²) < 4.78 is 7.45. The van der Waals surface area contributed by atoms with Crippen molar-refractivity contribution in [3.05, 3.63) is 24.0 Å². The predicted molar refractivity (Wildman–Crippen MR) is 77.1 cm³/mol. The van der Waals surface area contributed by atoms with Crippen LogP contribution < -0.4 is 4.74 Å². The fraction of sp³-hybridized carbons (Fsp3) is 0.467. The molecule has 0 aliphatic carbocycles. The fourth-order valence-electron chi connectivity index (χ4n) is 2.26. The van der Waals surface area contributed by atoms with Crippen LogP contribution in [0.25, 0.3) is 11.0 Å². The second-order valence-corrected chi connectivity index (χ2v) is 5.19. The molecule has 0 radical (unpaired) electrons. The molecule has 0 spiro atoms. The molecule has 0 aliphatic heterocycles. The highest BCUT2D eigenvalue weighted by Gasteiger charge is 2.15. The topological polar surface area (TPSA) is 64.3 Å². The molecule has 2 rings (SSSR count). The van der Waals surface area contributed by atoms with Crippen molar-refractivity contribution in [2.75, 3.05) is 6.61 Å². The molecular formula is C15H20N2O3. The third-order valence-electron chi connectivity index (χ3n) is 2.97. The largest absolute Gasteiger partial charge is 0.494 e. The van der Waals surface area contributed by atoms with Gasteiger partial charge in [-0.1, -0.05) is 13.8 Å². The molecule has 1 aromatic carbocycles. The van der Waals surface area contributed by atoms with Crippen molar-refractivity contribution in [3.63, 3.8) is 0 Å².